The van der Waals surface area contributed by atoms with Crippen molar-refractivity contribution < 1.29 is 19.8 Å². The summed E-state index contributed by atoms with van der Waals surface area (Å²) in [5.74, 6) is -2.49. The van der Waals surface area contributed by atoms with E-state index in [1.54, 1.807) is 36.4 Å². The Bertz CT molecular complexity index is 1150. The molecule has 0 aliphatic carbocycles. The number of carboxylic acid groups (broad SMARTS) is 1. The topological polar surface area (TPSA) is 77.8 Å². The van der Waals surface area contributed by atoms with Crippen molar-refractivity contribution in [1.82, 2.24) is 4.90 Å². The van der Waals surface area contributed by atoms with Crippen molar-refractivity contribution in [2.45, 2.75) is 24.4 Å². The van der Waals surface area contributed by atoms with Crippen LogP contribution < -0.4 is 0 Å². The van der Waals surface area contributed by atoms with Crippen molar-refractivity contribution in [2.24, 2.45) is 0 Å². The van der Waals surface area contributed by atoms with Crippen LogP contribution in [0.3, 0.4) is 0 Å². The standard InChI is InChI=1S/C25H21Cl2NO4/c26-16-10-11-20(21(27)13-16)23-22(25(31)32)18-8-4-5-9-19(18)24(30)28(23)17(14-29)12-15-6-2-1-3-7-15/h1-11,13,17,22-23,29H,12,14H2,(H,31,32)/t17-,22-,23+/m0/s1. The zero-order valence-electron chi connectivity index (χ0n) is 17.0. The first-order valence-corrected chi connectivity index (χ1v) is 10.9. The molecule has 1 aliphatic heterocycles. The Morgan fingerprint density at radius 1 is 0.969 bits per heavy atom. The maximum absolute atomic E-state index is 13.7. The molecule has 32 heavy (non-hydrogen) atoms. The molecule has 0 saturated carbocycles. The highest BCUT2D eigenvalue weighted by atomic mass is 35.5. The molecular weight excluding hydrogens is 449 g/mol. The molecule has 0 radical (unpaired) electrons. The first-order chi connectivity index (χ1) is 15.4. The number of halogens is 2. The van der Waals surface area contributed by atoms with Gasteiger partial charge >= 0.3 is 5.97 Å². The van der Waals surface area contributed by atoms with Gasteiger partial charge in [-0.15, -0.1) is 0 Å². The highest BCUT2D eigenvalue weighted by Crippen LogP contribution is 2.46. The highest BCUT2D eigenvalue weighted by Gasteiger charge is 2.47. The van der Waals surface area contributed by atoms with E-state index in [1.165, 1.54) is 11.0 Å². The lowest BCUT2D eigenvalue weighted by molar-refractivity contribution is -0.141. The summed E-state index contributed by atoms with van der Waals surface area (Å²) in [6.07, 6.45) is 0.360. The molecule has 0 saturated heterocycles. The van der Waals surface area contributed by atoms with E-state index in [4.69, 9.17) is 23.2 Å². The molecule has 0 spiro atoms. The van der Waals surface area contributed by atoms with E-state index in [1.807, 2.05) is 30.3 Å². The van der Waals surface area contributed by atoms with Crippen LogP contribution in [0.2, 0.25) is 10.0 Å². The number of benzene rings is 3. The molecule has 5 nitrogen and oxygen atoms in total. The second-order valence-electron chi connectivity index (χ2n) is 7.75. The van der Waals surface area contributed by atoms with Crippen molar-refractivity contribution in [1.29, 1.82) is 0 Å². The van der Waals surface area contributed by atoms with Crippen LogP contribution in [-0.4, -0.2) is 39.6 Å². The number of hydrogen-bond donors (Lipinski definition) is 2. The molecule has 1 amide bonds. The molecule has 0 unspecified atom stereocenters. The summed E-state index contributed by atoms with van der Waals surface area (Å²) >= 11 is 12.6. The second kappa shape index (κ2) is 9.33. The lowest BCUT2D eigenvalue weighted by Crippen LogP contribution is -2.52. The summed E-state index contributed by atoms with van der Waals surface area (Å²) in [5, 5.41) is 21.2. The Kier molecular flexibility index (Phi) is 6.51. The number of aliphatic carboxylic acids is 1. The van der Waals surface area contributed by atoms with Gasteiger partial charge in [0.25, 0.3) is 5.91 Å². The third-order valence-electron chi connectivity index (χ3n) is 5.84. The summed E-state index contributed by atoms with van der Waals surface area (Å²) in [5.41, 5.74) is 2.13. The minimum atomic E-state index is -1.08. The van der Waals surface area contributed by atoms with Crippen LogP contribution in [0.5, 0.6) is 0 Å². The van der Waals surface area contributed by atoms with Crippen molar-refractivity contribution in [2.75, 3.05) is 6.61 Å². The first kappa shape index (κ1) is 22.3. The second-order valence-corrected chi connectivity index (χ2v) is 8.60. The number of carbonyl (C=O) groups excluding carboxylic acids is 1. The van der Waals surface area contributed by atoms with Gasteiger partial charge in [0.1, 0.15) is 5.92 Å². The molecule has 0 aromatic heterocycles. The molecule has 4 rings (SSSR count). The quantitative estimate of drug-likeness (QED) is 0.534. The predicted octanol–water partition coefficient (Wildman–Crippen LogP) is 4.96. The summed E-state index contributed by atoms with van der Waals surface area (Å²) < 4.78 is 0. The maximum Gasteiger partial charge on any atom is 0.313 e. The highest BCUT2D eigenvalue weighted by molar-refractivity contribution is 6.35. The van der Waals surface area contributed by atoms with Gasteiger partial charge in [0.15, 0.2) is 0 Å². The smallest absolute Gasteiger partial charge is 0.313 e. The Hall–Kier alpha value is -2.86. The van der Waals surface area contributed by atoms with Crippen LogP contribution >= 0.6 is 23.2 Å². The summed E-state index contributed by atoms with van der Waals surface area (Å²) in [4.78, 5) is 27.7. The van der Waals surface area contributed by atoms with Crippen LogP contribution in [0.15, 0.2) is 72.8 Å². The summed E-state index contributed by atoms with van der Waals surface area (Å²) in [6, 6.07) is 19.4. The number of carboxylic acids is 1. The van der Waals surface area contributed by atoms with Crippen molar-refractivity contribution in [3.63, 3.8) is 0 Å². The zero-order valence-corrected chi connectivity index (χ0v) is 18.5. The van der Waals surface area contributed by atoms with E-state index in [2.05, 4.69) is 0 Å². The molecular formula is C25H21Cl2NO4. The van der Waals surface area contributed by atoms with Crippen LogP contribution in [0, 0.1) is 0 Å². The van der Waals surface area contributed by atoms with Gasteiger partial charge in [0.2, 0.25) is 0 Å². The fourth-order valence-corrected chi connectivity index (χ4v) is 4.95. The Labute approximate surface area is 195 Å². The molecule has 3 atom stereocenters. The van der Waals surface area contributed by atoms with Gasteiger partial charge in [-0.3, -0.25) is 9.59 Å². The lowest BCUT2D eigenvalue weighted by Gasteiger charge is -2.44. The third kappa shape index (κ3) is 4.11. The van der Waals surface area contributed by atoms with Crippen molar-refractivity contribution >= 4 is 35.1 Å². The first-order valence-electron chi connectivity index (χ1n) is 10.2. The number of rotatable bonds is 6. The SMILES string of the molecule is O=C(O)[C@H]1c2ccccc2C(=O)N([C@H](CO)Cc2ccccc2)[C@@H]1c1ccc(Cl)cc1Cl. The van der Waals surface area contributed by atoms with Crippen molar-refractivity contribution in [3.05, 3.63) is 105 Å². The van der Waals surface area contributed by atoms with E-state index in [-0.39, 0.29) is 17.5 Å². The van der Waals surface area contributed by atoms with Crippen LogP contribution in [0.25, 0.3) is 0 Å². The molecule has 0 bridgehead atoms. The Morgan fingerprint density at radius 2 is 1.66 bits per heavy atom. The largest absolute Gasteiger partial charge is 0.481 e. The molecule has 1 aliphatic rings. The fourth-order valence-electron chi connectivity index (χ4n) is 4.43. The molecule has 7 heteroatoms. The number of fused-ring (bicyclic) bond motifs is 1. The molecule has 3 aromatic rings. The van der Waals surface area contributed by atoms with Gasteiger partial charge in [0, 0.05) is 15.6 Å². The number of aliphatic hydroxyl groups is 1. The zero-order chi connectivity index (χ0) is 22.8. The van der Waals surface area contributed by atoms with E-state index >= 15 is 0 Å². The van der Waals surface area contributed by atoms with Gasteiger partial charge in [-0.05, 0) is 41.3 Å². The minimum Gasteiger partial charge on any atom is -0.481 e. The van der Waals surface area contributed by atoms with Gasteiger partial charge in [-0.1, -0.05) is 77.8 Å². The molecule has 2 N–H and O–H groups in total. The van der Waals surface area contributed by atoms with E-state index < -0.39 is 24.0 Å². The lowest BCUT2D eigenvalue weighted by atomic mass is 9.78. The van der Waals surface area contributed by atoms with Gasteiger partial charge in [-0.2, -0.15) is 0 Å². The Morgan fingerprint density at radius 3 is 2.31 bits per heavy atom. The minimum absolute atomic E-state index is 0.266. The molecule has 0 fully saturated rings. The molecule has 164 valence electrons. The average molecular weight is 470 g/mol. The van der Waals surface area contributed by atoms with Gasteiger partial charge < -0.3 is 15.1 Å². The summed E-state index contributed by atoms with van der Waals surface area (Å²) in [7, 11) is 0. The van der Waals surface area contributed by atoms with Crippen molar-refractivity contribution in [3.8, 4) is 0 Å². The molecule has 3 aromatic carbocycles. The predicted molar refractivity (Wildman–Crippen MR) is 123 cm³/mol. The summed E-state index contributed by atoms with van der Waals surface area (Å²) in [6.45, 7) is -0.336. The molecule has 1 heterocycles. The van der Waals surface area contributed by atoms with E-state index in [0.717, 1.165) is 5.56 Å². The average Bonchev–Trinajstić information content (AvgIpc) is 2.78. The Balaban J connectivity index is 1.91. The van der Waals surface area contributed by atoms with Gasteiger partial charge in [0.05, 0.1) is 18.7 Å². The maximum atomic E-state index is 13.7. The van der Waals surface area contributed by atoms with Gasteiger partial charge in [-0.25, -0.2) is 0 Å². The number of amides is 1. The number of aliphatic hydroxyl groups excluding tert-OH is 1. The fraction of sp³-hybridized carbons (Fsp3) is 0.200. The number of hydrogen-bond acceptors (Lipinski definition) is 3. The van der Waals surface area contributed by atoms with E-state index in [0.29, 0.717) is 28.1 Å². The third-order valence-corrected chi connectivity index (χ3v) is 6.40. The monoisotopic (exact) mass is 469 g/mol. The van der Waals surface area contributed by atoms with Crippen LogP contribution in [0.1, 0.15) is 39.0 Å². The number of carbonyl (C=O) groups is 2. The van der Waals surface area contributed by atoms with Crippen LogP contribution in [0.4, 0.5) is 0 Å². The van der Waals surface area contributed by atoms with Crippen LogP contribution in [-0.2, 0) is 11.2 Å². The number of nitrogens with zero attached hydrogens (tertiary/aromatic N) is 1. The normalized spacial score (nSPS) is 18.8. The van der Waals surface area contributed by atoms with E-state index in [9.17, 15) is 19.8 Å².